The lowest BCUT2D eigenvalue weighted by Crippen LogP contribution is -2.23. The Morgan fingerprint density at radius 1 is 1.13 bits per heavy atom. The summed E-state index contributed by atoms with van der Waals surface area (Å²) in [4.78, 5) is 23.4. The minimum absolute atomic E-state index is 0.0596. The highest BCUT2D eigenvalue weighted by atomic mass is 19.4. The molecule has 3 aromatic rings. The minimum atomic E-state index is -4.82. The summed E-state index contributed by atoms with van der Waals surface area (Å²) in [6, 6.07) is 8.46. The molecule has 1 N–H and O–H groups in total. The van der Waals surface area contributed by atoms with Crippen LogP contribution in [0.2, 0.25) is 0 Å². The molecular weight excluding hydrogens is 511 g/mol. The van der Waals surface area contributed by atoms with E-state index < -0.39 is 45.2 Å². The molecular formula is C24H20F3N5O6. The first-order valence-corrected chi connectivity index (χ1v) is 10.8. The predicted octanol–water partition coefficient (Wildman–Crippen LogP) is 5.34. The van der Waals surface area contributed by atoms with Gasteiger partial charge in [-0.3, -0.25) is 19.5 Å². The number of aromatic nitrogens is 1. The lowest BCUT2D eigenvalue weighted by Gasteiger charge is -2.14. The van der Waals surface area contributed by atoms with Gasteiger partial charge in [0.1, 0.15) is 11.6 Å². The molecule has 11 nitrogen and oxygen atoms in total. The van der Waals surface area contributed by atoms with Gasteiger partial charge in [0, 0.05) is 18.2 Å². The topological polar surface area (TPSA) is 152 Å². The van der Waals surface area contributed by atoms with Gasteiger partial charge < -0.3 is 14.6 Å². The van der Waals surface area contributed by atoms with Crippen molar-refractivity contribution in [1.82, 2.24) is 4.57 Å². The van der Waals surface area contributed by atoms with Crippen LogP contribution in [0, 0.1) is 28.4 Å². The van der Waals surface area contributed by atoms with Crippen molar-refractivity contribution in [3.63, 3.8) is 0 Å². The van der Waals surface area contributed by atoms with Crippen LogP contribution < -0.4 is 15.0 Å². The lowest BCUT2D eigenvalue weighted by atomic mass is 10.1. The van der Waals surface area contributed by atoms with E-state index in [1.165, 1.54) is 21.1 Å². The maximum atomic E-state index is 13.2. The molecule has 198 valence electrons. The number of alkyl halides is 3. The fourth-order valence-corrected chi connectivity index (χ4v) is 3.58. The Bertz CT molecular complexity index is 1530. The molecule has 0 saturated carbocycles. The Kier molecular flexibility index (Phi) is 8.00. The van der Waals surface area contributed by atoms with Crippen LogP contribution in [0.4, 0.5) is 30.2 Å². The van der Waals surface area contributed by atoms with Gasteiger partial charge in [0.25, 0.3) is 11.2 Å². The number of hydrogen-bond donors (Lipinski definition) is 1. The molecule has 1 aromatic heterocycles. The Morgan fingerprint density at radius 3 is 2.39 bits per heavy atom. The molecule has 0 unspecified atom stereocenters. The number of nitrogens with zero attached hydrogens (tertiary/aromatic N) is 5. The molecule has 3 rings (SSSR count). The Morgan fingerprint density at radius 2 is 1.82 bits per heavy atom. The molecule has 0 aliphatic heterocycles. The van der Waals surface area contributed by atoms with Crippen LogP contribution in [0.15, 0.2) is 51.4 Å². The molecule has 0 aliphatic carbocycles. The van der Waals surface area contributed by atoms with Crippen molar-refractivity contribution in [3.05, 3.63) is 79.1 Å². The summed E-state index contributed by atoms with van der Waals surface area (Å²) in [6.07, 6.45) is -4.61. The first-order valence-electron chi connectivity index (χ1n) is 10.8. The highest BCUT2D eigenvalue weighted by molar-refractivity contribution is 5.60. The van der Waals surface area contributed by atoms with Crippen LogP contribution in [-0.4, -0.2) is 28.8 Å². The number of aromatic hydroxyl groups is 1. The van der Waals surface area contributed by atoms with Crippen LogP contribution in [0.25, 0.3) is 0 Å². The molecule has 0 spiro atoms. The third-order valence-electron chi connectivity index (χ3n) is 5.60. The molecule has 0 bridgehead atoms. The Hall–Kier alpha value is -4.93. The number of hydrogen-bond acceptors (Lipinski definition) is 9. The van der Waals surface area contributed by atoms with Crippen molar-refractivity contribution in [2.24, 2.45) is 10.2 Å². The second-order valence-electron chi connectivity index (χ2n) is 7.84. The molecule has 2 aromatic carbocycles. The number of azo groups is 1. The van der Waals surface area contributed by atoms with E-state index in [0.717, 1.165) is 10.6 Å². The Labute approximate surface area is 213 Å². The molecule has 1 heterocycles. The number of nitro benzene ring substituents is 1. The van der Waals surface area contributed by atoms with Gasteiger partial charge in [-0.15, -0.1) is 10.2 Å². The number of rotatable bonds is 8. The second kappa shape index (κ2) is 11.0. The van der Waals surface area contributed by atoms with Crippen molar-refractivity contribution in [2.75, 3.05) is 14.2 Å². The predicted molar refractivity (Wildman–Crippen MR) is 127 cm³/mol. The van der Waals surface area contributed by atoms with E-state index in [2.05, 4.69) is 10.2 Å². The Balaban J connectivity index is 2.05. The van der Waals surface area contributed by atoms with Crippen LogP contribution in [0.1, 0.15) is 22.3 Å². The zero-order valence-corrected chi connectivity index (χ0v) is 20.2. The molecule has 0 amide bonds. The standard InChI is InChI=1S/C24H20F3N5O6/c1-13-16(12-28)22(33)31(9-8-14-4-7-19(37-2)20(10-14)38-3)23(34)21(13)30-29-17-6-5-15(24(25,26)27)11-18(17)32(35)36/h4-7,10-11,33H,8-9H2,1-3H3. The number of pyridine rings is 1. The second-order valence-corrected chi connectivity index (χ2v) is 7.84. The number of aryl methyl sites for hydroxylation is 1. The van der Waals surface area contributed by atoms with Gasteiger partial charge in [-0.05, 0) is 43.2 Å². The van der Waals surface area contributed by atoms with Crippen molar-refractivity contribution >= 4 is 17.1 Å². The molecule has 0 radical (unpaired) electrons. The van der Waals surface area contributed by atoms with E-state index in [1.807, 2.05) is 0 Å². The highest BCUT2D eigenvalue weighted by Gasteiger charge is 2.33. The first kappa shape index (κ1) is 27.7. The molecule has 38 heavy (non-hydrogen) atoms. The monoisotopic (exact) mass is 531 g/mol. The molecule has 0 fully saturated rings. The fourth-order valence-electron chi connectivity index (χ4n) is 3.58. The largest absolute Gasteiger partial charge is 0.493 e. The molecule has 0 aliphatic rings. The molecule has 14 heteroatoms. The molecule has 0 saturated heterocycles. The summed E-state index contributed by atoms with van der Waals surface area (Å²) >= 11 is 0. The average Bonchev–Trinajstić information content (AvgIpc) is 2.87. The minimum Gasteiger partial charge on any atom is -0.493 e. The average molecular weight is 531 g/mol. The zero-order chi connectivity index (χ0) is 28.2. The first-order chi connectivity index (χ1) is 17.9. The van der Waals surface area contributed by atoms with Crippen LogP contribution in [0.3, 0.4) is 0 Å². The maximum absolute atomic E-state index is 13.2. The van der Waals surface area contributed by atoms with E-state index in [4.69, 9.17) is 9.47 Å². The number of halogens is 3. The number of methoxy groups -OCH3 is 2. The van der Waals surface area contributed by atoms with Gasteiger partial charge in [-0.25, -0.2) is 0 Å². The maximum Gasteiger partial charge on any atom is 0.416 e. The summed E-state index contributed by atoms with van der Waals surface area (Å²) in [5.41, 5.74) is -3.69. The van der Waals surface area contributed by atoms with Gasteiger partial charge in [-0.1, -0.05) is 6.07 Å². The van der Waals surface area contributed by atoms with Crippen LogP contribution in [-0.2, 0) is 19.1 Å². The number of benzene rings is 2. The third-order valence-corrected chi connectivity index (χ3v) is 5.60. The van der Waals surface area contributed by atoms with Crippen molar-refractivity contribution in [1.29, 1.82) is 5.26 Å². The number of nitro groups is 1. The van der Waals surface area contributed by atoms with E-state index in [1.54, 1.807) is 24.3 Å². The van der Waals surface area contributed by atoms with E-state index >= 15 is 0 Å². The summed E-state index contributed by atoms with van der Waals surface area (Å²) in [7, 11) is 2.93. The van der Waals surface area contributed by atoms with E-state index in [9.17, 15) is 38.4 Å². The van der Waals surface area contributed by atoms with E-state index in [-0.39, 0.29) is 24.1 Å². The van der Waals surface area contributed by atoms with Crippen molar-refractivity contribution in [2.45, 2.75) is 26.1 Å². The van der Waals surface area contributed by atoms with E-state index in [0.29, 0.717) is 29.2 Å². The van der Waals surface area contributed by atoms with Gasteiger partial charge in [0.15, 0.2) is 22.9 Å². The smallest absolute Gasteiger partial charge is 0.416 e. The zero-order valence-electron chi connectivity index (χ0n) is 20.2. The summed E-state index contributed by atoms with van der Waals surface area (Å²) in [6.45, 7) is 1.21. The highest BCUT2D eigenvalue weighted by Crippen LogP contribution is 2.37. The normalized spacial score (nSPS) is 11.4. The SMILES string of the molecule is COc1ccc(CCn2c(O)c(C#N)c(C)c(N=Nc3ccc(C(F)(F)F)cc3[N+](=O)[O-])c2=O)cc1OC. The summed E-state index contributed by atoms with van der Waals surface area (Å²) in [5.74, 6) is 0.309. The van der Waals surface area contributed by atoms with Crippen LogP contribution >= 0.6 is 0 Å². The van der Waals surface area contributed by atoms with Crippen molar-refractivity contribution in [3.8, 4) is 23.4 Å². The van der Waals surface area contributed by atoms with Crippen molar-refractivity contribution < 1.29 is 32.7 Å². The van der Waals surface area contributed by atoms with Gasteiger partial charge >= 0.3 is 6.18 Å². The quantitative estimate of drug-likeness (QED) is 0.234. The number of nitriles is 1. The van der Waals surface area contributed by atoms with Gasteiger partial charge in [-0.2, -0.15) is 18.4 Å². The van der Waals surface area contributed by atoms with Crippen LogP contribution in [0.5, 0.6) is 17.4 Å². The number of ether oxygens (including phenoxy) is 2. The van der Waals surface area contributed by atoms with Gasteiger partial charge in [0.05, 0.1) is 24.7 Å². The van der Waals surface area contributed by atoms with Gasteiger partial charge in [0.2, 0.25) is 5.88 Å². The lowest BCUT2D eigenvalue weighted by molar-refractivity contribution is -0.384. The fraction of sp³-hybridized carbons (Fsp3) is 0.250. The summed E-state index contributed by atoms with van der Waals surface area (Å²) < 4.78 is 50.2. The molecule has 0 atom stereocenters. The third kappa shape index (κ3) is 5.56. The summed E-state index contributed by atoms with van der Waals surface area (Å²) in [5, 5.41) is 38.8.